The Bertz CT molecular complexity index is 1430. The summed E-state index contributed by atoms with van der Waals surface area (Å²) in [5.41, 5.74) is 0.0437. The second kappa shape index (κ2) is 9.63. The molecule has 11 heteroatoms. The normalized spacial score (nSPS) is 11.6. The maximum absolute atomic E-state index is 15.1. The highest BCUT2D eigenvalue weighted by Crippen LogP contribution is 2.33. The number of nitrogens with one attached hydrogen (secondary N) is 1. The van der Waals surface area contributed by atoms with Gasteiger partial charge in [0, 0.05) is 37.5 Å². The van der Waals surface area contributed by atoms with Gasteiger partial charge < -0.3 is 14.1 Å². The molecule has 182 valence electrons. The van der Waals surface area contributed by atoms with Crippen molar-refractivity contribution in [1.82, 2.24) is 4.90 Å². The van der Waals surface area contributed by atoms with Gasteiger partial charge in [-0.2, -0.15) is 0 Å². The molecule has 0 aliphatic carbocycles. The van der Waals surface area contributed by atoms with Crippen LogP contribution >= 0.6 is 11.6 Å². The van der Waals surface area contributed by atoms with Crippen LogP contribution in [0.4, 0.5) is 14.9 Å². The highest BCUT2D eigenvalue weighted by Gasteiger charge is 2.21. The minimum atomic E-state index is -3.76. The number of anilines is 1. The Hall–Kier alpha value is -3.11. The van der Waals surface area contributed by atoms with E-state index in [0.29, 0.717) is 10.9 Å². The van der Waals surface area contributed by atoms with Crippen molar-refractivity contribution in [3.63, 3.8) is 0 Å². The van der Waals surface area contributed by atoms with Gasteiger partial charge in [-0.1, -0.05) is 23.7 Å². The smallest absolute Gasteiger partial charge is 0.414 e. The molecule has 0 radical (unpaired) electrons. The molecule has 0 bridgehead atoms. The van der Waals surface area contributed by atoms with Gasteiger partial charge in [0.1, 0.15) is 5.58 Å². The molecule has 1 aromatic heterocycles. The zero-order valence-electron chi connectivity index (χ0n) is 19.2. The molecular weight excluding hydrogens is 487 g/mol. The van der Waals surface area contributed by atoms with Crippen molar-refractivity contribution < 1.29 is 26.8 Å². The van der Waals surface area contributed by atoms with Crippen LogP contribution in [-0.2, 0) is 16.4 Å². The number of aryl methyl sites for hydroxylation is 1. The molecule has 0 saturated carbocycles. The maximum atomic E-state index is 15.1. The lowest BCUT2D eigenvalue weighted by Crippen LogP contribution is -2.25. The molecular formula is C23H24ClFN2O6S. The SMILES string of the molecule is Cc1c(Cc2cccc(NS(=O)(=O)C(C)C)c2F)c(=O)oc2cc(OC(=O)N(C)C)c(Cl)cc12. The summed E-state index contributed by atoms with van der Waals surface area (Å²) in [5.74, 6) is -0.756. The Balaban J connectivity index is 2.03. The van der Waals surface area contributed by atoms with Gasteiger partial charge in [0.2, 0.25) is 10.0 Å². The number of halogens is 2. The molecule has 0 atom stereocenters. The summed E-state index contributed by atoms with van der Waals surface area (Å²) in [6, 6.07) is 7.11. The number of amides is 1. The first-order valence-electron chi connectivity index (χ1n) is 10.3. The first kappa shape index (κ1) is 25.5. The van der Waals surface area contributed by atoms with Crippen molar-refractivity contribution in [3.8, 4) is 5.75 Å². The number of hydrogen-bond donors (Lipinski definition) is 1. The molecule has 0 fully saturated rings. The summed E-state index contributed by atoms with van der Waals surface area (Å²) in [5, 5.41) is -0.139. The van der Waals surface area contributed by atoms with E-state index < -0.39 is 32.8 Å². The lowest BCUT2D eigenvalue weighted by molar-refractivity contribution is 0.172. The third kappa shape index (κ3) is 5.18. The molecule has 0 aliphatic rings. The van der Waals surface area contributed by atoms with Crippen LogP contribution in [0.15, 0.2) is 39.5 Å². The molecule has 34 heavy (non-hydrogen) atoms. The molecule has 3 aromatic rings. The monoisotopic (exact) mass is 510 g/mol. The lowest BCUT2D eigenvalue weighted by atomic mass is 9.99. The standard InChI is InChI=1S/C23H24ClFN2O6S/c1-12(2)34(30,31)26-18-8-6-7-14(21(18)25)9-16-13(3)15-10-17(24)20(33-23(29)27(4)5)11-19(15)32-22(16)28/h6-8,10-12,26H,9H2,1-5H3. The van der Waals surface area contributed by atoms with E-state index in [1.807, 2.05) is 0 Å². The summed E-state index contributed by atoms with van der Waals surface area (Å²) in [4.78, 5) is 25.8. The van der Waals surface area contributed by atoms with E-state index >= 15 is 4.39 Å². The first-order chi connectivity index (χ1) is 15.8. The average Bonchev–Trinajstić information content (AvgIpc) is 2.74. The van der Waals surface area contributed by atoms with Crippen molar-refractivity contribution in [1.29, 1.82) is 0 Å². The fraction of sp³-hybridized carbons (Fsp3) is 0.304. The fourth-order valence-corrected chi connectivity index (χ4v) is 4.02. The second-order valence-electron chi connectivity index (χ2n) is 8.19. The fourth-order valence-electron chi connectivity index (χ4n) is 3.11. The number of sulfonamides is 1. The summed E-state index contributed by atoms with van der Waals surface area (Å²) in [6.45, 7) is 4.62. The molecule has 1 N–H and O–H groups in total. The summed E-state index contributed by atoms with van der Waals surface area (Å²) in [7, 11) is -0.736. The number of rotatable bonds is 6. The van der Waals surface area contributed by atoms with Gasteiger partial charge >= 0.3 is 11.7 Å². The number of nitrogens with zero attached hydrogens (tertiary/aromatic N) is 1. The summed E-state index contributed by atoms with van der Waals surface area (Å²) in [6.07, 6.45) is -0.789. The van der Waals surface area contributed by atoms with E-state index in [4.69, 9.17) is 20.8 Å². The van der Waals surface area contributed by atoms with Crippen molar-refractivity contribution >= 4 is 44.4 Å². The largest absolute Gasteiger partial charge is 0.422 e. The highest BCUT2D eigenvalue weighted by molar-refractivity contribution is 7.93. The summed E-state index contributed by atoms with van der Waals surface area (Å²) < 4.78 is 52.2. The number of fused-ring (bicyclic) bond motifs is 1. The van der Waals surface area contributed by atoms with Crippen LogP contribution < -0.4 is 15.1 Å². The predicted molar refractivity (Wildman–Crippen MR) is 129 cm³/mol. The van der Waals surface area contributed by atoms with Gasteiger partial charge in [-0.3, -0.25) is 4.72 Å². The molecule has 2 aromatic carbocycles. The zero-order valence-corrected chi connectivity index (χ0v) is 20.8. The number of ether oxygens (including phenoxy) is 1. The van der Waals surface area contributed by atoms with E-state index in [9.17, 15) is 18.0 Å². The van der Waals surface area contributed by atoms with Gasteiger partial charge in [0.25, 0.3) is 0 Å². The lowest BCUT2D eigenvalue weighted by Gasteiger charge is -2.15. The van der Waals surface area contributed by atoms with Crippen LogP contribution in [0.1, 0.15) is 30.5 Å². The van der Waals surface area contributed by atoms with E-state index in [2.05, 4.69) is 4.72 Å². The van der Waals surface area contributed by atoms with Crippen molar-refractivity contribution in [3.05, 3.63) is 68.3 Å². The van der Waals surface area contributed by atoms with Gasteiger partial charge in [-0.05, 0) is 44.0 Å². The second-order valence-corrected chi connectivity index (χ2v) is 10.8. The van der Waals surface area contributed by atoms with E-state index in [-0.39, 0.29) is 39.6 Å². The number of carbonyl (C=O) groups is 1. The topological polar surface area (TPSA) is 106 Å². The van der Waals surface area contributed by atoms with Crippen LogP contribution in [0.5, 0.6) is 5.75 Å². The molecule has 1 amide bonds. The maximum Gasteiger partial charge on any atom is 0.414 e. The average molecular weight is 511 g/mol. The van der Waals surface area contributed by atoms with Crippen LogP contribution in [0.2, 0.25) is 5.02 Å². The minimum Gasteiger partial charge on any atom is -0.422 e. The van der Waals surface area contributed by atoms with Crippen molar-refractivity contribution in [2.45, 2.75) is 32.4 Å². The molecule has 1 heterocycles. The number of carbonyl (C=O) groups excluding carboxylic acids is 1. The third-order valence-electron chi connectivity index (χ3n) is 5.22. The molecule has 8 nitrogen and oxygen atoms in total. The quantitative estimate of drug-likeness (QED) is 0.482. The van der Waals surface area contributed by atoms with E-state index in [0.717, 1.165) is 0 Å². The van der Waals surface area contributed by atoms with Gasteiger partial charge in [0.05, 0.1) is 16.0 Å². The molecule has 0 aliphatic heterocycles. The van der Waals surface area contributed by atoms with Crippen LogP contribution in [0.25, 0.3) is 11.0 Å². The minimum absolute atomic E-state index is 0.0272. The highest BCUT2D eigenvalue weighted by atomic mass is 35.5. The van der Waals surface area contributed by atoms with Crippen molar-refractivity contribution in [2.24, 2.45) is 0 Å². The Kier molecular flexibility index (Phi) is 7.23. The van der Waals surface area contributed by atoms with Gasteiger partial charge in [-0.25, -0.2) is 22.4 Å². The Morgan fingerprint density at radius 1 is 1.26 bits per heavy atom. The predicted octanol–water partition coefficient (Wildman–Crippen LogP) is 4.70. The third-order valence-corrected chi connectivity index (χ3v) is 7.26. The molecule has 3 rings (SSSR count). The number of hydrogen-bond acceptors (Lipinski definition) is 6. The Labute approximate surface area is 201 Å². The van der Waals surface area contributed by atoms with Crippen LogP contribution in [-0.4, -0.2) is 38.8 Å². The molecule has 0 unspecified atom stereocenters. The first-order valence-corrected chi connectivity index (χ1v) is 12.2. The van der Waals surface area contributed by atoms with Gasteiger partial charge in [0.15, 0.2) is 11.6 Å². The van der Waals surface area contributed by atoms with Crippen molar-refractivity contribution in [2.75, 3.05) is 18.8 Å². The Morgan fingerprint density at radius 3 is 2.56 bits per heavy atom. The molecule has 0 saturated heterocycles. The Morgan fingerprint density at radius 2 is 1.94 bits per heavy atom. The van der Waals surface area contributed by atoms with E-state index in [1.165, 1.54) is 63.2 Å². The number of benzene rings is 2. The summed E-state index contributed by atoms with van der Waals surface area (Å²) >= 11 is 6.27. The zero-order chi connectivity index (χ0) is 25.4. The van der Waals surface area contributed by atoms with Crippen LogP contribution in [0.3, 0.4) is 0 Å². The van der Waals surface area contributed by atoms with Crippen LogP contribution in [0, 0.1) is 12.7 Å². The molecule has 0 spiro atoms. The van der Waals surface area contributed by atoms with Gasteiger partial charge in [-0.15, -0.1) is 0 Å². The van der Waals surface area contributed by atoms with E-state index in [1.54, 1.807) is 6.92 Å².